The van der Waals surface area contributed by atoms with Crippen molar-refractivity contribution >= 4 is 18.7 Å². The van der Waals surface area contributed by atoms with Crippen molar-refractivity contribution < 1.29 is 9.53 Å². The molecule has 4 heteroatoms. The quantitative estimate of drug-likeness (QED) is 0.770. The minimum atomic E-state index is 0. The number of benzene rings is 1. The number of hydrogen-bond acceptors (Lipinski definition) is 3. The number of para-hydroxylation sites is 1. The van der Waals surface area contributed by atoms with E-state index in [2.05, 4.69) is 4.90 Å². The van der Waals surface area contributed by atoms with Crippen LogP contribution in [0, 0.1) is 0 Å². The maximum absolute atomic E-state index is 10.8. The Morgan fingerprint density at radius 2 is 1.89 bits per heavy atom. The summed E-state index contributed by atoms with van der Waals surface area (Å²) in [5, 5.41) is 0. The Kier molecular flexibility index (Phi) is 6.76. The molecule has 0 unspecified atom stereocenters. The average Bonchev–Trinajstić information content (AvgIpc) is 2.40. The van der Waals surface area contributed by atoms with E-state index in [0.29, 0.717) is 17.9 Å². The second-order valence-corrected chi connectivity index (χ2v) is 4.41. The van der Waals surface area contributed by atoms with Gasteiger partial charge in [0, 0.05) is 6.54 Å². The van der Waals surface area contributed by atoms with Gasteiger partial charge in [-0.15, -0.1) is 12.4 Å². The standard InChI is InChI=1S/C14H19NO2.ClH/c16-12-13-6-2-3-7-14(13)17-11-10-15-8-4-1-5-9-15;/h2-3,6-7,12H,1,4-5,8-11H2;1H. The first-order valence-corrected chi connectivity index (χ1v) is 6.29. The molecule has 0 bridgehead atoms. The molecule has 100 valence electrons. The van der Waals surface area contributed by atoms with Crippen molar-refractivity contribution in [3.8, 4) is 5.75 Å². The largest absolute Gasteiger partial charge is 0.492 e. The van der Waals surface area contributed by atoms with E-state index in [1.807, 2.05) is 18.2 Å². The smallest absolute Gasteiger partial charge is 0.153 e. The van der Waals surface area contributed by atoms with Crippen molar-refractivity contribution in [3.63, 3.8) is 0 Å². The van der Waals surface area contributed by atoms with Crippen LogP contribution in [0.4, 0.5) is 0 Å². The van der Waals surface area contributed by atoms with Gasteiger partial charge in [0.15, 0.2) is 6.29 Å². The summed E-state index contributed by atoms with van der Waals surface area (Å²) in [4.78, 5) is 13.2. The summed E-state index contributed by atoms with van der Waals surface area (Å²) in [6.45, 7) is 3.97. The normalized spacial score (nSPS) is 15.8. The molecule has 18 heavy (non-hydrogen) atoms. The Labute approximate surface area is 115 Å². The fraction of sp³-hybridized carbons (Fsp3) is 0.500. The molecule has 1 aliphatic heterocycles. The van der Waals surface area contributed by atoms with Gasteiger partial charge in [0.05, 0.1) is 5.56 Å². The number of rotatable bonds is 5. The zero-order valence-corrected chi connectivity index (χ0v) is 11.3. The van der Waals surface area contributed by atoms with Gasteiger partial charge >= 0.3 is 0 Å². The average molecular weight is 270 g/mol. The van der Waals surface area contributed by atoms with Gasteiger partial charge in [-0.1, -0.05) is 18.6 Å². The highest BCUT2D eigenvalue weighted by atomic mass is 35.5. The zero-order valence-electron chi connectivity index (χ0n) is 10.5. The Bertz CT molecular complexity index is 365. The Morgan fingerprint density at radius 3 is 2.61 bits per heavy atom. The zero-order chi connectivity index (χ0) is 11.9. The summed E-state index contributed by atoms with van der Waals surface area (Å²) in [5.74, 6) is 0.694. The van der Waals surface area contributed by atoms with Gasteiger partial charge in [-0.25, -0.2) is 0 Å². The van der Waals surface area contributed by atoms with Crippen LogP contribution in [-0.2, 0) is 0 Å². The van der Waals surface area contributed by atoms with Crippen molar-refractivity contribution in [2.24, 2.45) is 0 Å². The number of ether oxygens (including phenoxy) is 1. The number of halogens is 1. The lowest BCUT2D eigenvalue weighted by atomic mass is 10.1. The van der Waals surface area contributed by atoms with Crippen molar-refractivity contribution in [1.82, 2.24) is 4.90 Å². The predicted octanol–water partition coefficient (Wildman–Crippen LogP) is 2.79. The molecular formula is C14H20ClNO2. The summed E-state index contributed by atoms with van der Waals surface area (Å²) in [5.41, 5.74) is 0.631. The molecule has 0 atom stereocenters. The van der Waals surface area contributed by atoms with Crippen molar-refractivity contribution in [1.29, 1.82) is 0 Å². The van der Waals surface area contributed by atoms with E-state index in [9.17, 15) is 4.79 Å². The van der Waals surface area contributed by atoms with Gasteiger partial charge in [-0.2, -0.15) is 0 Å². The van der Waals surface area contributed by atoms with E-state index >= 15 is 0 Å². The Hall–Kier alpha value is -1.06. The van der Waals surface area contributed by atoms with Gasteiger partial charge in [-0.05, 0) is 38.1 Å². The number of carbonyl (C=O) groups is 1. The molecule has 1 aliphatic rings. The second kappa shape index (κ2) is 8.11. The van der Waals surface area contributed by atoms with Crippen LogP contribution in [0.15, 0.2) is 24.3 Å². The van der Waals surface area contributed by atoms with Crippen LogP contribution in [0.25, 0.3) is 0 Å². The molecule has 0 spiro atoms. The van der Waals surface area contributed by atoms with Gasteiger partial charge in [-0.3, -0.25) is 9.69 Å². The van der Waals surface area contributed by atoms with Crippen LogP contribution in [-0.4, -0.2) is 37.4 Å². The van der Waals surface area contributed by atoms with Gasteiger partial charge in [0.2, 0.25) is 0 Å². The van der Waals surface area contributed by atoms with E-state index in [1.165, 1.54) is 32.4 Å². The topological polar surface area (TPSA) is 29.5 Å². The van der Waals surface area contributed by atoms with Crippen LogP contribution in [0.3, 0.4) is 0 Å². The summed E-state index contributed by atoms with van der Waals surface area (Å²) >= 11 is 0. The Morgan fingerprint density at radius 1 is 1.17 bits per heavy atom. The highest BCUT2D eigenvalue weighted by Crippen LogP contribution is 2.15. The maximum Gasteiger partial charge on any atom is 0.153 e. The van der Waals surface area contributed by atoms with E-state index in [0.717, 1.165) is 12.8 Å². The molecule has 0 aromatic heterocycles. The second-order valence-electron chi connectivity index (χ2n) is 4.41. The maximum atomic E-state index is 10.8. The molecule has 0 amide bonds. The lowest BCUT2D eigenvalue weighted by molar-refractivity contribution is 0.111. The molecule has 1 fully saturated rings. The monoisotopic (exact) mass is 269 g/mol. The molecular weight excluding hydrogens is 250 g/mol. The number of piperidine rings is 1. The molecule has 1 aromatic rings. The summed E-state index contributed by atoms with van der Waals surface area (Å²) in [6, 6.07) is 7.37. The summed E-state index contributed by atoms with van der Waals surface area (Å²) in [6.07, 6.45) is 4.79. The van der Waals surface area contributed by atoms with Crippen LogP contribution in [0.2, 0.25) is 0 Å². The number of aldehydes is 1. The first-order chi connectivity index (χ1) is 8.40. The van der Waals surface area contributed by atoms with Gasteiger partial charge < -0.3 is 4.74 Å². The Balaban J connectivity index is 0.00000162. The SMILES string of the molecule is Cl.O=Cc1ccccc1OCCN1CCCCC1. The molecule has 3 nitrogen and oxygen atoms in total. The van der Waals surface area contributed by atoms with Crippen LogP contribution >= 0.6 is 12.4 Å². The number of carbonyl (C=O) groups excluding carboxylic acids is 1. The predicted molar refractivity (Wildman–Crippen MR) is 74.9 cm³/mol. The van der Waals surface area contributed by atoms with Crippen LogP contribution in [0.5, 0.6) is 5.75 Å². The molecule has 1 saturated heterocycles. The fourth-order valence-corrected chi connectivity index (χ4v) is 2.18. The number of nitrogens with zero attached hydrogens (tertiary/aromatic N) is 1. The number of hydrogen-bond donors (Lipinski definition) is 0. The fourth-order valence-electron chi connectivity index (χ4n) is 2.18. The van der Waals surface area contributed by atoms with E-state index < -0.39 is 0 Å². The molecule has 0 saturated carbocycles. The van der Waals surface area contributed by atoms with E-state index in [4.69, 9.17) is 4.74 Å². The molecule has 0 radical (unpaired) electrons. The van der Waals surface area contributed by atoms with E-state index in [-0.39, 0.29) is 12.4 Å². The number of likely N-dealkylation sites (tertiary alicyclic amines) is 1. The minimum absolute atomic E-state index is 0. The van der Waals surface area contributed by atoms with Crippen molar-refractivity contribution in [3.05, 3.63) is 29.8 Å². The van der Waals surface area contributed by atoms with Gasteiger partial charge in [0.1, 0.15) is 12.4 Å². The van der Waals surface area contributed by atoms with Crippen molar-refractivity contribution in [2.75, 3.05) is 26.2 Å². The third kappa shape index (κ3) is 4.31. The lowest BCUT2D eigenvalue weighted by Gasteiger charge is -2.26. The van der Waals surface area contributed by atoms with Crippen molar-refractivity contribution in [2.45, 2.75) is 19.3 Å². The highest BCUT2D eigenvalue weighted by Gasteiger charge is 2.09. The summed E-state index contributed by atoms with van der Waals surface area (Å²) in [7, 11) is 0. The first kappa shape index (κ1) is 15.0. The van der Waals surface area contributed by atoms with Crippen LogP contribution < -0.4 is 4.74 Å². The first-order valence-electron chi connectivity index (χ1n) is 6.29. The third-order valence-corrected chi connectivity index (χ3v) is 3.16. The highest BCUT2D eigenvalue weighted by molar-refractivity contribution is 5.85. The van der Waals surface area contributed by atoms with E-state index in [1.54, 1.807) is 6.07 Å². The molecule has 0 N–H and O–H groups in total. The molecule has 1 heterocycles. The lowest BCUT2D eigenvalue weighted by Crippen LogP contribution is -2.33. The molecule has 1 aromatic carbocycles. The third-order valence-electron chi connectivity index (χ3n) is 3.16. The minimum Gasteiger partial charge on any atom is -0.492 e. The summed E-state index contributed by atoms with van der Waals surface area (Å²) < 4.78 is 5.66. The van der Waals surface area contributed by atoms with Crippen LogP contribution in [0.1, 0.15) is 29.6 Å². The van der Waals surface area contributed by atoms with Gasteiger partial charge in [0.25, 0.3) is 0 Å². The molecule has 0 aliphatic carbocycles. The molecule has 2 rings (SSSR count).